The summed E-state index contributed by atoms with van der Waals surface area (Å²) in [6.45, 7) is 8.00. The van der Waals surface area contributed by atoms with Crippen molar-refractivity contribution in [1.82, 2.24) is 4.98 Å². The van der Waals surface area contributed by atoms with E-state index in [0.29, 0.717) is 35.9 Å². The summed E-state index contributed by atoms with van der Waals surface area (Å²) in [5.41, 5.74) is 3.55. The van der Waals surface area contributed by atoms with Gasteiger partial charge in [0.05, 0.1) is 11.3 Å². The Kier molecular flexibility index (Phi) is 12.0. The van der Waals surface area contributed by atoms with E-state index < -0.39 is 11.6 Å². The van der Waals surface area contributed by atoms with Crippen LogP contribution >= 0.6 is 0 Å². The van der Waals surface area contributed by atoms with Gasteiger partial charge >= 0.3 is 0 Å². The number of carbonyl (C=O) groups is 1. The van der Waals surface area contributed by atoms with E-state index in [0.717, 1.165) is 28.1 Å². The largest absolute Gasteiger partial charge is 0.512 e. The van der Waals surface area contributed by atoms with E-state index in [9.17, 15) is 18.7 Å². The Labute approximate surface area is 237 Å². The van der Waals surface area contributed by atoms with Crippen molar-refractivity contribution in [2.45, 2.75) is 40.5 Å². The molecule has 0 saturated heterocycles. The third kappa shape index (κ3) is 9.27. The Morgan fingerprint density at radius 1 is 0.921 bits per heavy atom. The van der Waals surface area contributed by atoms with Crippen LogP contribution in [0.3, 0.4) is 0 Å². The second-order valence-electron chi connectivity index (χ2n) is 9.80. The molecule has 1 aromatic heterocycles. The Balaban J connectivity index is 0.000000313. The van der Waals surface area contributed by atoms with Crippen LogP contribution in [-0.4, -0.2) is 15.9 Å². The molecular formula is C32H32F2IrNO2-. The molecule has 0 saturated carbocycles. The van der Waals surface area contributed by atoms with E-state index in [1.165, 1.54) is 12.1 Å². The van der Waals surface area contributed by atoms with Gasteiger partial charge in [0, 0.05) is 56.0 Å². The number of ketones is 1. The fourth-order valence-corrected chi connectivity index (χ4v) is 3.93. The maximum absolute atomic E-state index is 13.6. The van der Waals surface area contributed by atoms with Crippen molar-refractivity contribution in [2.24, 2.45) is 11.8 Å². The third-order valence-electron chi connectivity index (χ3n) is 5.43. The van der Waals surface area contributed by atoms with E-state index >= 15 is 0 Å². The van der Waals surface area contributed by atoms with Gasteiger partial charge in [-0.15, -0.1) is 17.7 Å². The topological polar surface area (TPSA) is 50.2 Å². The van der Waals surface area contributed by atoms with Crippen LogP contribution < -0.4 is 0 Å². The molecule has 0 bridgehead atoms. The molecule has 0 aliphatic carbocycles. The van der Waals surface area contributed by atoms with Crippen molar-refractivity contribution < 1.29 is 38.8 Å². The zero-order valence-corrected chi connectivity index (χ0v) is 24.4. The number of pyridine rings is 1. The molecular weight excluding hydrogens is 661 g/mol. The zero-order chi connectivity index (χ0) is 26.9. The van der Waals surface area contributed by atoms with Crippen LogP contribution in [0, 0.1) is 29.5 Å². The molecule has 3 nitrogen and oxygen atoms in total. The molecule has 201 valence electrons. The summed E-state index contributed by atoms with van der Waals surface area (Å²) >= 11 is 0. The number of aliphatic hydroxyl groups excluding tert-OH is 1. The van der Waals surface area contributed by atoms with Gasteiger partial charge in [-0.3, -0.25) is 9.78 Å². The van der Waals surface area contributed by atoms with Crippen molar-refractivity contribution in [3.8, 4) is 22.4 Å². The monoisotopic (exact) mass is 693 g/mol. The second kappa shape index (κ2) is 14.7. The van der Waals surface area contributed by atoms with Gasteiger partial charge in [-0.05, 0) is 34.7 Å². The first-order valence-corrected chi connectivity index (χ1v) is 12.4. The minimum absolute atomic E-state index is 0. The van der Waals surface area contributed by atoms with Crippen molar-refractivity contribution in [3.05, 3.63) is 102 Å². The van der Waals surface area contributed by atoms with Crippen molar-refractivity contribution in [2.75, 3.05) is 0 Å². The quantitative estimate of drug-likeness (QED) is 0.120. The zero-order valence-electron chi connectivity index (χ0n) is 22.0. The summed E-state index contributed by atoms with van der Waals surface area (Å²) in [5.74, 6) is -0.397. The average molecular weight is 693 g/mol. The van der Waals surface area contributed by atoms with E-state index in [1.807, 2.05) is 88.4 Å². The fraction of sp³-hybridized carbons (Fsp3) is 0.250. The summed E-state index contributed by atoms with van der Waals surface area (Å²) in [6.07, 6.45) is 2.46. The number of nitrogens with zero attached hydrogens (tertiary/aromatic N) is 1. The molecule has 0 aliphatic heterocycles. The Morgan fingerprint density at radius 3 is 2.18 bits per heavy atom. The Bertz CT molecular complexity index is 1360. The number of carbonyl (C=O) groups excluding carboxylic acids is 1. The van der Waals surface area contributed by atoms with Crippen molar-refractivity contribution in [1.29, 1.82) is 0 Å². The average Bonchev–Trinajstić information content (AvgIpc) is 2.82. The van der Waals surface area contributed by atoms with E-state index in [-0.39, 0.29) is 31.6 Å². The smallest absolute Gasteiger partial charge is 0.159 e. The van der Waals surface area contributed by atoms with Crippen LogP contribution in [0.15, 0.2) is 84.6 Å². The van der Waals surface area contributed by atoms with Crippen LogP contribution in [-0.2, 0) is 24.9 Å². The first-order chi connectivity index (χ1) is 17.6. The van der Waals surface area contributed by atoms with Gasteiger partial charge in [0.2, 0.25) is 0 Å². The van der Waals surface area contributed by atoms with Crippen LogP contribution in [0.4, 0.5) is 8.78 Å². The number of para-hydroxylation sites is 1. The van der Waals surface area contributed by atoms with E-state index in [1.54, 1.807) is 0 Å². The van der Waals surface area contributed by atoms with Gasteiger partial charge in [0.15, 0.2) is 5.78 Å². The molecule has 0 aliphatic rings. The number of aromatic nitrogens is 1. The van der Waals surface area contributed by atoms with Gasteiger partial charge in [-0.25, -0.2) is 8.78 Å². The predicted molar refractivity (Wildman–Crippen MR) is 146 cm³/mol. The molecule has 38 heavy (non-hydrogen) atoms. The minimum Gasteiger partial charge on any atom is -0.512 e. The first kappa shape index (κ1) is 31.0. The maximum Gasteiger partial charge on any atom is 0.159 e. The molecule has 1 N–H and O–H groups in total. The number of benzene rings is 3. The standard InChI is InChI=1S/C21H12F2N.C11H20O2.Ir/c22-16-10-15(11-17(23)12-16)21-13-19(14-6-2-1-3-7-14)18-8-4-5-9-20(18)24-21;1-8(2)5-10(12)7-11(13)6-9(3)4;/h1-10,12-13H;7-9,12H,5-6H2,1-4H3;/q-1;;/b;10-7-;. The summed E-state index contributed by atoms with van der Waals surface area (Å²) in [6, 6.07) is 24.0. The number of allylic oxidation sites excluding steroid dienone is 2. The summed E-state index contributed by atoms with van der Waals surface area (Å²) in [5, 5.41) is 10.3. The third-order valence-corrected chi connectivity index (χ3v) is 5.43. The number of halogens is 2. The molecule has 0 unspecified atom stereocenters. The predicted octanol–water partition coefficient (Wildman–Crippen LogP) is 8.73. The van der Waals surface area contributed by atoms with Gasteiger partial charge in [0.25, 0.3) is 0 Å². The number of fused-ring (bicyclic) bond motifs is 1. The second-order valence-corrected chi connectivity index (χ2v) is 9.80. The number of rotatable bonds is 7. The molecule has 4 aromatic rings. The molecule has 3 aromatic carbocycles. The first-order valence-electron chi connectivity index (χ1n) is 12.4. The number of hydrogen-bond acceptors (Lipinski definition) is 3. The molecule has 0 spiro atoms. The number of hydrogen-bond donors (Lipinski definition) is 1. The Morgan fingerprint density at radius 2 is 1.55 bits per heavy atom. The van der Waals surface area contributed by atoms with E-state index in [4.69, 9.17) is 0 Å². The van der Waals surface area contributed by atoms with Crippen LogP contribution in [0.1, 0.15) is 40.5 Å². The molecule has 1 radical (unpaired) electrons. The molecule has 0 amide bonds. The summed E-state index contributed by atoms with van der Waals surface area (Å²) < 4.78 is 27.1. The number of aliphatic hydroxyl groups is 1. The summed E-state index contributed by atoms with van der Waals surface area (Å²) in [7, 11) is 0. The van der Waals surface area contributed by atoms with Crippen LogP contribution in [0.5, 0.6) is 0 Å². The van der Waals surface area contributed by atoms with Crippen LogP contribution in [0.2, 0.25) is 0 Å². The minimum atomic E-state index is -0.735. The molecule has 0 fully saturated rings. The SMILES string of the molecule is CC(C)CC(=O)/C=C(\O)CC(C)C.Fc1[c-]c(-c2cc(-c3ccccc3)c3ccccc3n2)cc(F)c1.[Ir]. The fourth-order valence-electron chi connectivity index (χ4n) is 3.93. The Hall–Kier alpha value is -3.21. The normalized spacial score (nSPS) is 11.2. The molecule has 4 rings (SSSR count). The summed E-state index contributed by atoms with van der Waals surface area (Å²) in [4.78, 5) is 15.8. The van der Waals surface area contributed by atoms with Crippen LogP contribution in [0.25, 0.3) is 33.3 Å². The van der Waals surface area contributed by atoms with Crippen molar-refractivity contribution >= 4 is 16.7 Å². The van der Waals surface area contributed by atoms with Gasteiger partial charge in [-0.1, -0.05) is 88.4 Å². The molecule has 1 heterocycles. The maximum atomic E-state index is 13.6. The van der Waals surface area contributed by atoms with Gasteiger partial charge < -0.3 is 5.11 Å². The molecule has 6 heteroatoms. The van der Waals surface area contributed by atoms with Gasteiger partial charge in [-0.2, -0.15) is 0 Å². The van der Waals surface area contributed by atoms with Crippen molar-refractivity contribution in [3.63, 3.8) is 0 Å². The van der Waals surface area contributed by atoms with Gasteiger partial charge in [0.1, 0.15) is 0 Å². The molecule has 0 atom stereocenters. The van der Waals surface area contributed by atoms with E-state index in [2.05, 4.69) is 11.1 Å².